The average molecular weight is 342 g/mol. The molecule has 2 aromatic carbocycles. The van der Waals surface area contributed by atoms with Crippen molar-refractivity contribution in [2.75, 3.05) is 11.9 Å². The number of quaternary nitrogens is 1. The molecule has 3 N–H and O–H groups in total. The first-order chi connectivity index (χ1) is 10.5. The van der Waals surface area contributed by atoms with Crippen LogP contribution in [0.15, 0.2) is 42.5 Å². The lowest BCUT2D eigenvalue weighted by Gasteiger charge is -2.13. The van der Waals surface area contributed by atoms with Crippen LogP contribution < -0.4 is 10.6 Å². The number of rotatable bonds is 5. The Kier molecular flexibility index (Phi) is 5.77. The van der Waals surface area contributed by atoms with Gasteiger partial charge in [0.1, 0.15) is 11.9 Å². The molecular formula is C16H16Cl2FN2O+. The second kappa shape index (κ2) is 7.58. The molecule has 3 nitrogen and oxygen atoms in total. The van der Waals surface area contributed by atoms with Gasteiger partial charge in [0.15, 0.2) is 6.54 Å². The predicted octanol–water partition coefficient (Wildman–Crippen LogP) is 3.40. The number of nitrogens with one attached hydrogen (secondary N) is 1. The number of nitrogens with two attached hydrogens (primary N) is 1. The minimum absolute atomic E-state index is 0.00280. The second-order valence-corrected chi connectivity index (χ2v) is 5.80. The number of hydrogen-bond donors (Lipinski definition) is 2. The van der Waals surface area contributed by atoms with Gasteiger partial charge >= 0.3 is 0 Å². The third-order valence-corrected chi connectivity index (χ3v) is 3.78. The Morgan fingerprint density at radius 1 is 1.27 bits per heavy atom. The molecule has 116 valence electrons. The predicted molar refractivity (Wildman–Crippen MR) is 86.7 cm³/mol. The summed E-state index contributed by atoms with van der Waals surface area (Å²) in [5, 5.41) is 5.64. The van der Waals surface area contributed by atoms with E-state index in [2.05, 4.69) is 5.32 Å². The molecule has 6 heteroatoms. The third-order valence-electron chi connectivity index (χ3n) is 3.22. The highest BCUT2D eigenvalue weighted by Gasteiger charge is 2.15. The standard InChI is InChI=1S/C16H15Cl2FN2O/c1-10(14-6-5-11(17)7-15(14)18)20-9-16(22)21-13-4-2-3-12(19)8-13/h2-8,10,20H,9H2,1H3,(H,21,22)/p+1/t10-/m0/s1. The summed E-state index contributed by atoms with van der Waals surface area (Å²) in [6.07, 6.45) is 0. The first-order valence-electron chi connectivity index (χ1n) is 6.79. The molecule has 0 aliphatic heterocycles. The molecule has 1 amide bonds. The van der Waals surface area contributed by atoms with Gasteiger partial charge in [-0.2, -0.15) is 0 Å². The highest BCUT2D eigenvalue weighted by Crippen LogP contribution is 2.24. The summed E-state index contributed by atoms with van der Waals surface area (Å²) in [5.74, 6) is -0.592. The molecule has 0 unspecified atom stereocenters. The van der Waals surface area contributed by atoms with Gasteiger partial charge in [0, 0.05) is 16.3 Å². The maximum atomic E-state index is 13.0. The molecule has 22 heavy (non-hydrogen) atoms. The monoisotopic (exact) mass is 341 g/mol. The van der Waals surface area contributed by atoms with Crippen molar-refractivity contribution in [1.29, 1.82) is 0 Å². The molecule has 0 aliphatic rings. The first kappa shape index (κ1) is 16.7. The Balaban J connectivity index is 1.90. The van der Waals surface area contributed by atoms with Gasteiger partial charge in [-0.3, -0.25) is 4.79 Å². The Labute approximate surface area is 138 Å². The molecule has 0 heterocycles. The summed E-state index contributed by atoms with van der Waals surface area (Å²) >= 11 is 12.0. The average Bonchev–Trinajstić information content (AvgIpc) is 2.45. The number of anilines is 1. The number of halogens is 3. The van der Waals surface area contributed by atoms with Crippen LogP contribution in [0.4, 0.5) is 10.1 Å². The maximum absolute atomic E-state index is 13.0. The van der Waals surface area contributed by atoms with Gasteiger partial charge in [-0.05, 0) is 37.3 Å². The lowest BCUT2D eigenvalue weighted by atomic mass is 10.1. The molecule has 0 aromatic heterocycles. The third kappa shape index (κ3) is 4.70. The van der Waals surface area contributed by atoms with Crippen molar-refractivity contribution in [2.45, 2.75) is 13.0 Å². The Morgan fingerprint density at radius 3 is 2.73 bits per heavy atom. The van der Waals surface area contributed by atoms with E-state index in [-0.39, 0.29) is 24.3 Å². The van der Waals surface area contributed by atoms with Crippen molar-refractivity contribution in [3.63, 3.8) is 0 Å². The van der Waals surface area contributed by atoms with E-state index in [9.17, 15) is 9.18 Å². The molecule has 0 saturated heterocycles. The Morgan fingerprint density at radius 2 is 2.05 bits per heavy atom. The van der Waals surface area contributed by atoms with Gasteiger partial charge in [-0.1, -0.05) is 35.3 Å². The minimum atomic E-state index is -0.386. The van der Waals surface area contributed by atoms with Crippen molar-refractivity contribution in [3.05, 3.63) is 63.9 Å². The zero-order valence-electron chi connectivity index (χ0n) is 11.9. The van der Waals surface area contributed by atoms with Crippen LogP contribution in [0.1, 0.15) is 18.5 Å². The first-order valence-corrected chi connectivity index (χ1v) is 7.55. The van der Waals surface area contributed by atoms with Crippen molar-refractivity contribution in [2.24, 2.45) is 0 Å². The maximum Gasteiger partial charge on any atom is 0.279 e. The highest BCUT2D eigenvalue weighted by molar-refractivity contribution is 6.35. The summed E-state index contributed by atoms with van der Waals surface area (Å²) < 4.78 is 13.0. The summed E-state index contributed by atoms with van der Waals surface area (Å²) in [6, 6.07) is 11.1. The fraction of sp³-hybridized carbons (Fsp3) is 0.188. The summed E-state index contributed by atoms with van der Waals surface area (Å²) in [5.41, 5.74) is 1.35. The van der Waals surface area contributed by atoms with Gasteiger partial charge in [-0.25, -0.2) is 4.39 Å². The summed E-state index contributed by atoms with van der Waals surface area (Å²) in [7, 11) is 0. The van der Waals surface area contributed by atoms with Crippen LogP contribution in [-0.2, 0) is 4.79 Å². The van der Waals surface area contributed by atoms with Crippen molar-refractivity contribution >= 4 is 34.8 Å². The highest BCUT2D eigenvalue weighted by atomic mass is 35.5. The number of amides is 1. The molecule has 2 rings (SSSR count). The topological polar surface area (TPSA) is 45.7 Å². The SMILES string of the molecule is C[C@H]([NH2+]CC(=O)Nc1cccc(F)c1)c1ccc(Cl)cc1Cl. The van der Waals surface area contributed by atoms with Gasteiger partial charge < -0.3 is 10.6 Å². The van der Waals surface area contributed by atoms with Gasteiger partial charge in [-0.15, -0.1) is 0 Å². The normalized spacial score (nSPS) is 12.0. The van der Waals surface area contributed by atoms with E-state index in [1.165, 1.54) is 12.1 Å². The van der Waals surface area contributed by atoms with Crippen LogP contribution in [0, 0.1) is 5.82 Å². The largest absolute Gasteiger partial charge is 0.332 e. The molecule has 0 radical (unpaired) electrons. The molecular weight excluding hydrogens is 326 g/mol. The van der Waals surface area contributed by atoms with E-state index in [4.69, 9.17) is 23.2 Å². The Bertz CT molecular complexity index is 679. The van der Waals surface area contributed by atoms with E-state index in [0.29, 0.717) is 15.7 Å². The minimum Gasteiger partial charge on any atom is -0.332 e. The second-order valence-electron chi connectivity index (χ2n) is 4.95. The fourth-order valence-electron chi connectivity index (χ4n) is 2.06. The fourth-order valence-corrected chi connectivity index (χ4v) is 2.64. The van der Waals surface area contributed by atoms with Gasteiger partial charge in [0.2, 0.25) is 0 Å². The number of carbonyl (C=O) groups is 1. The Hall–Kier alpha value is -1.62. The van der Waals surface area contributed by atoms with E-state index in [1.54, 1.807) is 24.3 Å². The summed E-state index contributed by atoms with van der Waals surface area (Å²) in [6.45, 7) is 2.15. The zero-order valence-corrected chi connectivity index (χ0v) is 13.5. The van der Waals surface area contributed by atoms with E-state index < -0.39 is 0 Å². The van der Waals surface area contributed by atoms with Crippen molar-refractivity contribution in [1.82, 2.24) is 0 Å². The van der Waals surface area contributed by atoms with Crippen molar-refractivity contribution in [3.8, 4) is 0 Å². The van der Waals surface area contributed by atoms with Crippen LogP contribution in [0.2, 0.25) is 10.0 Å². The molecule has 0 bridgehead atoms. The number of carbonyl (C=O) groups excluding carboxylic acids is 1. The van der Waals surface area contributed by atoms with Gasteiger partial charge in [0.05, 0.1) is 5.02 Å². The van der Waals surface area contributed by atoms with Crippen molar-refractivity contribution < 1.29 is 14.5 Å². The van der Waals surface area contributed by atoms with E-state index in [0.717, 1.165) is 5.56 Å². The smallest absolute Gasteiger partial charge is 0.279 e. The quantitative estimate of drug-likeness (QED) is 0.860. The van der Waals surface area contributed by atoms with Crippen LogP contribution in [-0.4, -0.2) is 12.5 Å². The zero-order chi connectivity index (χ0) is 16.1. The molecule has 0 fully saturated rings. The molecule has 0 spiro atoms. The van der Waals surface area contributed by atoms with Crippen LogP contribution in [0.3, 0.4) is 0 Å². The lowest BCUT2D eigenvalue weighted by Crippen LogP contribution is -2.86. The molecule has 0 aliphatic carbocycles. The van der Waals surface area contributed by atoms with E-state index in [1.807, 2.05) is 18.3 Å². The number of benzene rings is 2. The van der Waals surface area contributed by atoms with E-state index >= 15 is 0 Å². The summed E-state index contributed by atoms with van der Waals surface area (Å²) in [4.78, 5) is 11.9. The number of hydrogen-bond acceptors (Lipinski definition) is 1. The van der Waals surface area contributed by atoms with Gasteiger partial charge in [0.25, 0.3) is 5.91 Å². The molecule has 2 aromatic rings. The lowest BCUT2D eigenvalue weighted by molar-refractivity contribution is -0.682. The van der Waals surface area contributed by atoms with Crippen LogP contribution in [0.25, 0.3) is 0 Å². The van der Waals surface area contributed by atoms with Crippen LogP contribution in [0.5, 0.6) is 0 Å². The molecule has 0 saturated carbocycles. The molecule has 1 atom stereocenters. The van der Waals surface area contributed by atoms with Crippen LogP contribution >= 0.6 is 23.2 Å².